The van der Waals surface area contributed by atoms with Crippen LogP contribution >= 0.6 is 0 Å². The van der Waals surface area contributed by atoms with E-state index in [0.717, 1.165) is 17.5 Å². The van der Waals surface area contributed by atoms with E-state index in [1.807, 2.05) is 0 Å². The van der Waals surface area contributed by atoms with Crippen LogP contribution in [-0.4, -0.2) is 35.0 Å². The second kappa shape index (κ2) is 5.59. The molecule has 1 aromatic heterocycles. The molecule has 29 heavy (non-hydrogen) atoms. The number of nitrogens with zero attached hydrogens (tertiary/aromatic N) is 1. The summed E-state index contributed by atoms with van der Waals surface area (Å²) < 4.78 is 11.6. The molecule has 2 saturated carbocycles. The lowest BCUT2D eigenvalue weighted by molar-refractivity contribution is 0.0597. The summed E-state index contributed by atoms with van der Waals surface area (Å²) in [6, 6.07) is 4.97. The second-order valence-corrected chi connectivity index (χ2v) is 8.74. The summed E-state index contributed by atoms with van der Waals surface area (Å²) in [5, 5.41) is 22.3. The number of benzene rings is 1. The van der Waals surface area contributed by atoms with E-state index >= 15 is 0 Å². The quantitative estimate of drug-likeness (QED) is 0.472. The predicted molar refractivity (Wildman–Crippen MR) is 105 cm³/mol. The van der Waals surface area contributed by atoms with Crippen molar-refractivity contribution in [2.45, 2.75) is 24.7 Å². The minimum atomic E-state index is -0.528. The van der Waals surface area contributed by atoms with Crippen LogP contribution in [0.2, 0.25) is 0 Å². The first kappa shape index (κ1) is 17.0. The van der Waals surface area contributed by atoms with E-state index in [0.29, 0.717) is 46.9 Å². The first-order valence-corrected chi connectivity index (χ1v) is 10.2. The standard InChI is InChI=1S/C23H23NO5/c1-28-16-6-5-12(8-13(16)23(27)29-2)24-21(25)19-14-9-15(20(19)22(24)26)18-11-4-3-10(7-11)17(14)18/h3-6,8,10-11,14-15,17-18,25-26H,7,9H2,1-2H3. The van der Waals surface area contributed by atoms with E-state index < -0.39 is 5.97 Å². The van der Waals surface area contributed by atoms with Gasteiger partial charge >= 0.3 is 5.97 Å². The Labute approximate surface area is 168 Å². The normalized spacial score (nSPS) is 32.5. The molecule has 6 atom stereocenters. The van der Waals surface area contributed by atoms with Gasteiger partial charge < -0.3 is 19.7 Å². The van der Waals surface area contributed by atoms with Gasteiger partial charge in [0.15, 0.2) is 0 Å². The molecule has 0 amide bonds. The van der Waals surface area contributed by atoms with Gasteiger partial charge in [0.1, 0.15) is 11.3 Å². The molecule has 0 aliphatic heterocycles. The van der Waals surface area contributed by atoms with Gasteiger partial charge in [-0.1, -0.05) is 12.2 Å². The van der Waals surface area contributed by atoms with Crippen LogP contribution < -0.4 is 4.74 Å². The number of methoxy groups -OCH3 is 2. The van der Waals surface area contributed by atoms with Crippen molar-refractivity contribution in [1.29, 1.82) is 0 Å². The molecule has 0 saturated heterocycles. The van der Waals surface area contributed by atoms with Crippen LogP contribution in [0, 0.1) is 23.7 Å². The summed E-state index contributed by atoms with van der Waals surface area (Å²) in [7, 11) is 2.80. The Bertz CT molecular complexity index is 1040. The van der Waals surface area contributed by atoms with Crippen LogP contribution in [0.4, 0.5) is 0 Å². The fraction of sp³-hybridized carbons (Fsp3) is 0.435. The van der Waals surface area contributed by atoms with Crippen molar-refractivity contribution in [3.8, 4) is 23.2 Å². The first-order valence-electron chi connectivity index (χ1n) is 10.2. The molecule has 6 heteroatoms. The molecule has 4 aliphatic rings. The molecular weight excluding hydrogens is 370 g/mol. The van der Waals surface area contributed by atoms with Crippen LogP contribution in [-0.2, 0) is 4.74 Å². The SMILES string of the molecule is COC(=O)c1cc(-n2c(O)c3c(c2O)C2CC3C3C4C=CC(C4)C23)ccc1OC. The van der Waals surface area contributed by atoms with Crippen molar-refractivity contribution in [1.82, 2.24) is 4.57 Å². The Kier molecular flexibility index (Phi) is 3.28. The monoisotopic (exact) mass is 393 g/mol. The zero-order chi connectivity index (χ0) is 20.0. The van der Waals surface area contributed by atoms with Crippen molar-refractivity contribution in [2.75, 3.05) is 14.2 Å². The van der Waals surface area contributed by atoms with Crippen LogP contribution in [0.3, 0.4) is 0 Å². The van der Waals surface area contributed by atoms with Gasteiger partial charge in [0, 0.05) is 11.1 Å². The van der Waals surface area contributed by atoms with E-state index in [1.54, 1.807) is 18.2 Å². The lowest BCUT2D eigenvalue weighted by Gasteiger charge is -2.31. The van der Waals surface area contributed by atoms with Gasteiger partial charge in [-0.2, -0.15) is 0 Å². The predicted octanol–water partition coefficient (Wildman–Crippen LogP) is 3.71. The van der Waals surface area contributed by atoms with Gasteiger partial charge in [0.2, 0.25) is 11.8 Å². The molecule has 2 aromatic rings. The molecule has 6 unspecified atom stereocenters. The molecule has 0 spiro atoms. The molecule has 1 aromatic carbocycles. The summed E-state index contributed by atoms with van der Waals surface area (Å²) in [5.41, 5.74) is 2.58. The number of hydrogen-bond donors (Lipinski definition) is 2. The Balaban J connectivity index is 1.49. The zero-order valence-electron chi connectivity index (χ0n) is 16.3. The minimum Gasteiger partial charge on any atom is -0.496 e. The number of aromatic hydroxyl groups is 2. The second-order valence-electron chi connectivity index (χ2n) is 8.74. The summed E-state index contributed by atoms with van der Waals surface area (Å²) in [6.07, 6.45) is 6.94. The molecule has 6 nitrogen and oxygen atoms in total. The highest BCUT2D eigenvalue weighted by molar-refractivity contribution is 5.93. The fourth-order valence-corrected chi connectivity index (χ4v) is 6.90. The number of carbonyl (C=O) groups excluding carboxylic acids is 1. The Morgan fingerprint density at radius 3 is 2.17 bits per heavy atom. The third-order valence-electron chi connectivity index (χ3n) is 7.80. The lowest BCUT2D eigenvalue weighted by atomic mass is 9.72. The smallest absolute Gasteiger partial charge is 0.341 e. The number of aromatic nitrogens is 1. The molecule has 2 N–H and O–H groups in total. The van der Waals surface area contributed by atoms with Crippen LogP contribution in [0.25, 0.3) is 5.69 Å². The number of fused-ring (bicyclic) bond motifs is 12. The highest BCUT2D eigenvalue weighted by Gasteiger charge is 2.62. The van der Waals surface area contributed by atoms with E-state index in [4.69, 9.17) is 9.47 Å². The summed E-state index contributed by atoms with van der Waals surface area (Å²) in [4.78, 5) is 12.2. The lowest BCUT2D eigenvalue weighted by Crippen LogP contribution is -2.24. The van der Waals surface area contributed by atoms with Crippen LogP contribution in [0.5, 0.6) is 17.5 Å². The Hall–Kier alpha value is -2.89. The maximum absolute atomic E-state index is 12.2. The molecule has 1 heterocycles. The molecule has 4 aliphatic carbocycles. The van der Waals surface area contributed by atoms with E-state index in [2.05, 4.69) is 12.2 Å². The highest BCUT2D eigenvalue weighted by Crippen LogP contribution is 2.72. The Morgan fingerprint density at radius 2 is 1.62 bits per heavy atom. The molecule has 2 fully saturated rings. The topological polar surface area (TPSA) is 80.9 Å². The molecule has 150 valence electrons. The third-order valence-corrected chi connectivity index (χ3v) is 7.80. The van der Waals surface area contributed by atoms with Crippen molar-refractivity contribution in [3.05, 3.63) is 47.0 Å². The van der Waals surface area contributed by atoms with Gasteiger partial charge in [-0.3, -0.25) is 4.57 Å². The van der Waals surface area contributed by atoms with Crippen molar-refractivity contribution in [3.63, 3.8) is 0 Å². The number of allylic oxidation sites excluding steroid dienone is 2. The summed E-state index contributed by atoms with van der Waals surface area (Å²) in [5.74, 6) is 2.99. The first-order chi connectivity index (χ1) is 14.0. The average molecular weight is 393 g/mol. The average Bonchev–Trinajstić information content (AvgIpc) is 3.53. The number of hydrogen-bond acceptors (Lipinski definition) is 5. The van der Waals surface area contributed by atoms with Gasteiger partial charge in [-0.25, -0.2) is 4.79 Å². The van der Waals surface area contributed by atoms with Gasteiger partial charge in [0.25, 0.3) is 0 Å². The van der Waals surface area contributed by atoms with E-state index in [9.17, 15) is 15.0 Å². The maximum Gasteiger partial charge on any atom is 0.341 e. The fourth-order valence-electron chi connectivity index (χ4n) is 6.90. The van der Waals surface area contributed by atoms with Crippen LogP contribution in [0.1, 0.15) is 46.2 Å². The molecule has 0 radical (unpaired) electrons. The Morgan fingerprint density at radius 1 is 1.00 bits per heavy atom. The largest absolute Gasteiger partial charge is 0.496 e. The number of esters is 1. The highest BCUT2D eigenvalue weighted by atomic mass is 16.5. The third kappa shape index (κ3) is 1.94. The minimum absolute atomic E-state index is 0.0937. The summed E-state index contributed by atoms with van der Waals surface area (Å²) >= 11 is 0. The van der Waals surface area contributed by atoms with E-state index in [1.165, 1.54) is 25.2 Å². The van der Waals surface area contributed by atoms with Gasteiger partial charge in [-0.05, 0) is 66.5 Å². The van der Waals surface area contributed by atoms with Gasteiger partial charge in [0.05, 0.1) is 19.9 Å². The summed E-state index contributed by atoms with van der Waals surface area (Å²) in [6.45, 7) is 0. The molecule has 4 bridgehead atoms. The van der Waals surface area contributed by atoms with Crippen molar-refractivity contribution < 1.29 is 24.5 Å². The van der Waals surface area contributed by atoms with Crippen molar-refractivity contribution >= 4 is 5.97 Å². The maximum atomic E-state index is 12.2. The number of rotatable bonds is 3. The number of carbonyl (C=O) groups is 1. The number of ether oxygens (including phenoxy) is 2. The molecule has 6 rings (SSSR count). The van der Waals surface area contributed by atoms with Crippen LogP contribution in [0.15, 0.2) is 30.4 Å². The molecular formula is C23H23NO5. The van der Waals surface area contributed by atoms with Gasteiger partial charge in [-0.15, -0.1) is 0 Å². The van der Waals surface area contributed by atoms with Crippen molar-refractivity contribution in [2.24, 2.45) is 23.7 Å². The zero-order valence-corrected chi connectivity index (χ0v) is 16.3. The van der Waals surface area contributed by atoms with E-state index in [-0.39, 0.29) is 17.3 Å².